The lowest BCUT2D eigenvalue weighted by molar-refractivity contribution is -0.145. The van der Waals surface area contributed by atoms with Crippen LogP contribution in [-0.4, -0.2) is 18.5 Å². The van der Waals surface area contributed by atoms with Gasteiger partial charge in [0.25, 0.3) is 0 Å². The van der Waals surface area contributed by atoms with Crippen LogP contribution in [0.25, 0.3) is 0 Å². The van der Waals surface area contributed by atoms with E-state index in [-0.39, 0.29) is 17.9 Å². The molecule has 0 spiro atoms. The number of hydrogen-bond acceptors (Lipinski definition) is 4. The average Bonchev–Trinajstić information content (AvgIpc) is 2.66. The molecule has 1 fully saturated rings. The van der Waals surface area contributed by atoms with E-state index in [1.807, 2.05) is 26.8 Å². The predicted molar refractivity (Wildman–Crippen MR) is 79.2 cm³/mol. The van der Waals surface area contributed by atoms with Crippen molar-refractivity contribution in [3.8, 4) is 0 Å². The highest BCUT2D eigenvalue weighted by Crippen LogP contribution is 2.48. The van der Waals surface area contributed by atoms with Crippen LogP contribution in [0.4, 0.5) is 0 Å². The quantitative estimate of drug-likeness (QED) is 0.589. The van der Waals surface area contributed by atoms with Crippen molar-refractivity contribution in [2.75, 3.05) is 6.61 Å². The number of allylic oxidation sites excluding steroid dienone is 3. The van der Waals surface area contributed by atoms with Gasteiger partial charge in [-0.3, -0.25) is 9.59 Å². The molecule has 4 heteroatoms. The van der Waals surface area contributed by atoms with Gasteiger partial charge in [-0.05, 0) is 45.8 Å². The van der Waals surface area contributed by atoms with E-state index in [2.05, 4.69) is 6.08 Å². The molecule has 1 heterocycles. The summed E-state index contributed by atoms with van der Waals surface area (Å²) in [4.78, 5) is 23.5. The third-order valence-electron chi connectivity index (χ3n) is 4.07. The Labute approximate surface area is 125 Å². The van der Waals surface area contributed by atoms with Gasteiger partial charge in [0.05, 0.1) is 12.0 Å². The lowest BCUT2D eigenvalue weighted by Crippen LogP contribution is -2.34. The molecule has 0 N–H and O–H groups in total. The van der Waals surface area contributed by atoms with Gasteiger partial charge in [-0.1, -0.05) is 17.2 Å². The van der Waals surface area contributed by atoms with E-state index in [0.717, 1.165) is 12.0 Å². The number of esters is 2. The molecule has 0 bridgehead atoms. The zero-order chi connectivity index (χ0) is 15.6. The first-order chi connectivity index (χ1) is 9.85. The third kappa shape index (κ3) is 3.09. The van der Waals surface area contributed by atoms with E-state index in [1.54, 1.807) is 6.08 Å². The number of hydrogen-bond donors (Lipinski definition) is 0. The fourth-order valence-corrected chi connectivity index (χ4v) is 3.08. The molecule has 0 radical (unpaired) electrons. The largest absolute Gasteiger partial charge is 0.464 e. The summed E-state index contributed by atoms with van der Waals surface area (Å²) < 4.78 is 10.5. The molecule has 4 nitrogen and oxygen atoms in total. The second-order valence-electron chi connectivity index (χ2n) is 6.04. The normalized spacial score (nSPS) is 27.2. The van der Waals surface area contributed by atoms with Crippen molar-refractivity contribution >= 4 is 11.9 Å². The predicted octanol–water partition coefficient (Wildman–Crippen LogP) is 3.30. The average molecular weight is 290 g/mol. The minimum Gasteiger partial charge on any atom is -0.464 e. The van der Waals surface area contributed by atoms with E-state index >= 15 is 0 Å². The molecule has 1 aliphatic carbocycles. The van der Waals surface area contributed by atoms with Crippen molar-refractivity contribution in [2.24, 2.45) is 11.3 Å². The fraction of sp³-hybridized carbons (Fsp3) is 0.529. The first-order valence-corrected chi connectivity index (χ1v) is 7.25. The monoisotopic (exact) mass is 290 g/mol. The zero-order valence-corrected chi connectivity index (χ0v) is 13.1. The SMILES string of the molecule is CC(=O)OC1=C[C@@]2(CCC=C(C)C)C(=O)OC[C@H]2C(C)=C1. The Kier molecular flexibility index (Phi) is 4.35. The minimum absolute atomic E-state index is 0.0369. The molecule has 21 heavy (non-hydrogen) atoms. The Bertz CT molecular complexity index is 549. The molecule has 1 saturated heterocycles. The number of carbonyl (C=O) groups is 2. The first kappa shape index (κ1) is 15.5. The topological polar surface area (TPSA) is 52.6 Å². The van der Waals surface area contributed by atoms with Gasteiger partial charge >= 0.3 is 11.9 Å². The van der Waals surface area contributed by atoms with Crippen molar-refractivity contribution in [1.29, 1.82) is 0 Å². The zero-order valence-electron chi connectivity index (χ0n) is 13.1. The van der Waals surface area contributed by atoms with Crippen LogP contribution in [0, 0.1) is 11.3 Å². The lowest BCUT2D eigenvalue weighted by atomic mass is 9.68. The molecule has 2 aliphatic rings. The van der Waals surface area contributed by atoms with Gasteiger partial charge in [0, 0.05) is 12.8 Å². The van der Waals surface area contributed by atoms with Crippen LogP contribution in [0.3, 0.4) is 0 Å². The van der Waals surface area contributed by atoms with Crippen LogP contribution in [0.2, 0.25) is 0 Å². The summed E-state index contributed by atoms with van der Waals surface area (Å²) in [5.74, 6) is -0.108. The summed E-state index contributed by atoms with van der Waals surface area (Å²) in [5.41, 5.74) is 1.55. The van der Waals surface area contributed by atoms with Gasteiger partial charge in [-0.15, -0.1) is 0 Å². The van der Waals surface area contributed by atoms with Gasteiger partial charge in [0.15, 0.2) is 0 Å². The molecule has 114 valence electrons. The number of fused-ring (bicyclic) bond motifs is 1. The Morgan fingerprint density at radius 1 is 1.48 bits per heavy atom. The summed E-state index contributed by atoms with van der Waals surface area (Å²) in [7, 11) is 0. The van der Waals surface area contributed by atoms with Gasteiger partial charge in [-0.2, -0.15) is 0 Å². The van der Waals surface area contributed by atoms with Crippen LogP contribution in [-0.2, 0) is 19.1 Å². The molecule has 1 aliphatic heterocycles. The molecule has 2 rings (SSSR count). The summed E-state index contributed by atoms with van der Waals surface area (Å²) in [6, 6.07) is 0. The minimum atomic E-state index is -0.699. The highest BCUT2D eigenvalue weighted by atomic mass is 16.5. The smallest absolute Gasteiger partial charge is 0.316 e. The maximum absolute atomic E-state index is 12.3. The van der Waals surface area contributed by atoms with Crippen LogP contribution >= 0.6 is 0 Å². The third-order valence-corrected chi connectivity index (χ3v) is 4.07. The fourth-order valence-electron chi connectivity index (χ4n) is 3.08. The van der Waals surface area contributed by atoms with E-state index in [9.17, 15) is 9.59 Å². The van der Waals surface area contributed by atoms with E-state index in [1.165, 1.54) is 12.5 Å². The van der Waals surface area contributed by atoms with Gasteiger partial charge in [0.2, 0.25) is 0 Å². The standard InChI is InChI=1S/C17H22O4/c1-11(2)6-5-7-17-9-14(21-13(4)18)8-12(3)15(17)10-20-16(17)19/h6,8-9,15H,5,7,10H2,1-4H3/t15-,17+/m0/s1. The molecule has 0 aromatic heterocycles. The number of rotatable bonds is 4. The molecular formula is C17H22O4. The number of cyclic esters (lactones) is 1. The molecule has 0 aromatic carbocycles. The highest BCUT2D eigenvalue weighted by Gasteiger charge is 2.52. The summed E-state index contributed by atoms with van der Waals surface area (Å²) in [6.45, 7) is 7.79. The Morgan fingerprint density at radius 2 is 2.19 bits per heavy atom. The van der Waals surface area contributed by atoms with Crippen LogP contribution in [0.5, 0.6) is 0 Å². The van der Waals surface area contributed by atoms with E-state index < -0.39 is 5.41 Å². The van der Waals surface area contributed by atoms with Gasteiger partial charge in [0.1, 0.15) is 5.76 Å². The summed E-state index contributed by atoms with van der Waals surface area (Å²) >= 11 is 0. The maximum Gasteiger partial charge on any atom is 0.316 e. The second-order valence-corrected chi connectivity index (χ2v) is 6.04. The van der Waals surface area contributed by atoms with Crippen molar-refractivity contribution < 1.29 is 19.1 Å². The molecule has 2 atom stereocenters. The van der Waals surface area contributed by atoms with Crippen LogP contribution < -0.4 is 0 Å². The number of carbonyl (C=O) groups excluding carboxylic acids is 2. The van der Waals surface area contributed by atoms with Crippen LogP contribution in [0.1, 0.15) is 40.5 Å². The Hall–Kier alpha value is -1.84. The lowest BCUT2D eigenvalue weighted by Gasteiger charge is -2.32. The van der Waals surface area contributed by atoms with E-state index in [0.29, 0.717) is 18.8 Å². The van der Waals surface area contributed by atoms with Crippen molar-refractivity contribution in [1.82, 2.24) is 0 Å². The molecule has 0 saturated carbocycles. The van der Waals surface area contributed by atoms with Crippen molar-refractivity contribution in [3.05, 3.63) is 35.1 Å². The van der Waals surface area contributed by atoms with Crippen molar-refractivity contribution in [3.63, 3.8) is 0 Å². The molecule has 0 aromatic rings. The molecule has 0 unspecified atom stereocenters. The molecular weight excluding hydrogens is 268 g/mol. The first-order valence-electron chi connectivity index (χ1n) is 7.25. The molecule has 0 amide bonds. The van der Waals surface area contributed by atoms with Gasteiger partial charge < -0.3 is 9.47 Å². The maximum atomic E-state index is 12.3. The summed E-state index contributed by atoms with van der Waals surface area (Å²) in [6.07, 6.45) is 7.18. The van der Waals surface area contributed by atoms with Gasteiger partial charge in [-0.25, -0.2) is 0 Å². The second kappa shape index (κ2) is 5.88. The Balaban J connectivity index is 2.33. The van der Waals surface area contributed by atoms with E-state index in [4.69, 9.17) is 9.47 Å². The summed E-state index contributed by atoms with van der Waals surface area (Å²) in [5, 5.41) is 0. The van der Waals surface area contributed by atoms with Crippen molar-refractivity contribution in [2.45, 2.75) is 40.5 Å². The van der Waals surface area contributed by atoms with Crippen LogP contribution in [0.15, 0.2) is 35.1 Å². The number of ether oxygens (including phenoxy) is 2. The highest BCUT2D eigenvalue weighted by molar-refractivity contribution is 5.83. The Morgan fingerprint density at radius 3 is 2.81 bits per heavy atom.